The van der Waals surface area contributed by atoms with Crippen molar-refractivity contribution >= 4 is 64.7 Å². The number of unbranched alkanes of at least 4 members (excludes halogenated alkanes) is 7. The van der Waals surface area contributed by atoms with Gasteiger partial charge in [-0.2, -0.15) is 0 Å². The summed E-state index contributed by atoms with van der Waals surface area (Å²) >= 11 is 1.35. The highest BCUT2D eigenvalue weighted by Gasteiger charge is 2.38. The summed E-state index contributed by atoms with van der Waals surface area (Å²) in [7, 11) is 0. The smallest absolute Gasteiger partial charge is 0.253 e. The maximum absolute atomic E-state index is 13.1. The van der Waals surface area contributed by atoms with E-state index in [1.54, 1.807) is 10.9 Å². The molecule has 1 atom stereocenters. The zero-order valence-corrected chi connectivity index (χ0v) is 37.5. The van der Waals surface area contributed by atoms with E-state index in [0.717, 1.165) is 53.2 Å². The van der Waals surface area contributed by atoms with Crippen LogP contribution in [0.4, 0.5) is 5.69 Å². The number of thioether (sulfide) groups is 1. The molecule has 3 aromatic rings. The number of hydrogen-bond donors (Lipinski definition) is 4. The van der Waals surface area contributed by atoms with E-state index in [1.165, 1.54) is 28.8 Å². The minimum atomic E-state index is -0.503. The highest BCUT2D eigenvalue weighted by Crippen LogP contribution is 2.32. The Bertz CT molecular complexity index is 2110. The van der Waals surface area contributed by atoms with Crippen molar-refractivity contribution in [3.8, 4) is 0 Å². The van der Waals surface area contributed by atoms with Gasteiger partial charge in [-0.1, -0.05) is 61.2 Å². The van der Waals surface area contributed by atoms with E-state index in [2.05, 4.69) is 31.7 Å². The second-order valence-electron chi connectivity index (χ2n) is 15.9. The third-order valence-corrected chi connectivity index (χ3v) is 11.8. The highest BCUT2D eigenvalue weighted by atomic mass is 32.2. The van der Waals surface area contributed by atoms with Gasteiger partial charge in [0, 0.05) is 85.3 Å². The number of amides is 8. The number of benzene rings is 2. The van der Waals surface area contributed by atoms with Gasteiger partial charge in [-0.3, -0.25) is 57.7 Å². The number of aryl methyl sites for hydroxylation is 1. The number of carbonyl (C=O) groups excluding carboxylic acids is 8. The molecule has 5 rings (SSSR count). The van der Waals surface area contributed by atoms with Gasteiger partial charge in [0.2, 0.25) is 35.4 Å². The Kier molecular flexibility index (Phi) is 20.8. The number of likely N-dealkylation sites (tertiary alicyclic amines) is 1. The average molecular weight is 920 g/mol. The van der Waals surface area contributed by atoms with E-state index >= 15 is 0 Å². The van der Waals surface area contributed by atoms with Gasteiger partial charge < -0.3 is 16.0 Å². The van der Waals surface area contributed by atoms with Crippen LogP contribution in [0.3, 0.4) is 0 Å². The maximum atomic E-state index is 13.1. The van der Waals surface area contributed by atoms with Gasteiger partial charge in [-0.15, -0.1) is 16.9 Å². The van der Waals surface area contributed by atoms with Crippen LogP contribution in [0.1, 0.15) is 112 Å². The predicted octanol–water partition coefficient (Wildman–Crippen LogP) is 5.24. The number of hydrogen-bond acceptors (Lipinski definition) is 12. The molecule has 1 aromatic heterocycles. The highest BCUT2D eigenvalue weighted by molar-refractivity contribution is 8.00. The molecule has 1 fully saturated rings. The quantitative estimate of drug-likeness (QED) is 0.0382. The van der Waals surface area contributed by atoms with Crippen LogP contribution >= 0.6 is 11.8 Å². The SMILES string of the molecule is O=C(CCCCCn1cc(CNC(=O)CCCCCN2C(=O)CC(Sc3ccc(CONC(=O)CCCCCCC(=O)Nc4ccccc4)cc3)C2=O)nn1)NCCN1C(=O)C=CC1=O.[HH].[HH].[HH]. The van der Waals surface area contributed by atoms with Gasteiger partial charge in [0.05, 0.1) is 24.6 Å². The fraction of sp³-hybridized carbons (Fsp3) is 0.478. The zero-order chi connectivity index (χ0) is 46.2. The van der Waals surface area contributed by atoms with Crippen molar-refractivity contribution in [2.24, 2.45) is 0 Å². The lowest BCUT2D eigenvalue weighted by Gasteiger charge is -2.15. The lowest BCUT2D eigenvalue weighted by atomic mass is 10.1. The first-order valence-electron chi connectivity index (χ1n) is 22.4. The van der Waals surface area contributed by atoms with Crippen LogP contribution in [0, 0.1) is 0 Å². The predicted molar refractivity (Wildman–Crippen MR) is 247 cm³/mol. The molecule has 0 aliphatic carbocycles. The summed E-state index contributed by atoms with van der Waals surface area (Å²) in [6.45, 7) is 1.72. The molecule has 3 heterocycles. The molecule has 65 heavy (non-hydrogen) atoms. The number of para-hydroxylation sites is 1. The molecule has 1 saturated heterocycles. The van der Waals surface area contributed by atoms with E-state index in [9.17, 15) is 38.4 Å². The molecule has 2 aromatic carbocycles. The van der Waals surface area contributed by atoms with Crippen molar-refractivity contribution in [3.63, 3.8) is 0 Å². The number of imide groups is 2. The van der Waals surface area contributed by atoms with Gasteiger partial charge in [-0.25, -0.2) is 5.48 Å². The van der Waals surface area contributed by atoms with E-state index < -0.39 is 5.25 Å². The lowest BCUT2D eigenvalue weighted by Crippen LogP contribution is -2.38. The molecule has 18 nitrogen and oxygen atoms in total. The summed E-state index contributed by atoms with van der Waals surface area (Å²) in [6, 6.07) is 16.8. The van der Waals surface area contributed by atoms with Crippen molar-refractivity contribution in [2.75, 3.05) is 25.0 Å². The van der Waals surface area contributed by atoms with Gasteiger partial charge >= 0.3 is 0 Å². The molecular weight excluding hydrogens is 855 g/mol. The third kappa shape index (κ3) is 18.1. The number of nitrogens with one attached hydrogen (secondary N) is 4. The Morgan fingerprint density at radius 2 is 1.29 bits per heavy atom. The van der Waals surface area contributed by atoms with Crippen molar-refractivity contribution in [3.05, 3.63) is 84.2 Å². The Labute approximate surface area is 387 Å². The monoisotopic (exact) mass is 919 g/mol. The largest absolute Gasteiger partial charge is 0.354 e. The van der Waals surface area contributed by atoms with Crippen LogP contribution in [-0.2, 0) is 62.9 Å². The molecule has 19 heteroatoms. The molecule has 0 radical (unpaired) electrons. The molecule has 4 N–H and O–H groups in total. The van der Waals surface area contributed by atoms with Crippen LogP contribution in [0.25, 0.3) is 0 Å². The topological polar surface area (TPSA) is 231 Å². The van der Waals surface area contributed by atoms with Gasteiger partial charge in [0.15, 0.2) is 0 Å². The molecule has 8 amide bonds. The summed E-state index contributed by atoms with van der Waals surface area (Å²) in [6.07, 6.45) is 13.1. The van der Waals surface area contributed by atoms with Crippen molar-refractivity contribution in [1.29, 1.82) is 0 Å². The van der Waals surface area contributed by atoms with E-state index in [4.69, 9.17) is 4.84 Å². The standard InChI is InChI=1S/C46H59N9O9S.3H2/c56-39(47-26-29-54-43(60)24-25-44(54)61)16-10-4-12-27-53-32-36(50-52-53)31-48-40(57)17-11-5-13-28-55-45(62)30-38(46(55)63)65-37-22-20-34(21-23-37)33-64-51-42(59)19-9-2-1-8-18-41(58)49-35-14-6-3-7-15-35;;;/h3,6-7,14-15,20-25,32,38H,1-2,4-5,8-13,16-19,26-31,33H2,(H,47,56)(H,48,57)(H,49,58)(H,51,59);3*1H. The Hall–Kier alpha value is -6.21. The zero-order valence-electron chi connectivity index (χ0n) is 36.7. The number of hydroxylamine groups is 1. The van der Waals surface area contributed by atoms with E-state index in [-0.39, 0.29) is 84.2 Å². The first kappa shape index (κ1) is 49.8. The Morgan fingerprint density at radius 3 is 1.98 bits per heavy atom. The summed E-state index contributed by atoms with van der Waals surface area (Å²) in [5.41, 5.74) is 4.73. The summed E-state index contributed by atoms with van der Waals surface area (Å²) in [5.74, 6) is -1.63. The van der Waals surface area contributed by atoms with Gasteiger partial charge in [-0.05, 0) is 68.4 Å². The minimum Gasteiger partial charge on any atom is -0.354 e. The second-order valence-corrected chi connectivity index (χ2v) is 17.1. The Morgan fingerprint density at radius 1 is 0.677 bits per heavy atom. The third-order valence-electron chi connectivity index (χ3n) is 10.6. The molecule has 0 spiro atoms. The fourth-order valence-corrected chi connectivity index (χ4v) is 8.13. The summed E-state index contributed by atoms with van der Waals surface area (Å²) < 4.78 is 1.70. The summed E-state index contributed by atoms with van der Waals surface area (Å²) in [5, 5.41) is 16.2. The molecule has 0 saturated carbocycles. The molecule has 1 unspecified atom stereocenters. The summed E-state index contributed by atoms with van der Waals surface area (Å²) in [4.78, 5) is 106. The molecular formula is C46H65N9O9S. The van der Waals surface area contributed by atoms with Gasteiger partial charge in [0.25, 0.3) is 11.8 Å². The maximum Gasteiger partial charge on any atom is 0.253 e. The van der Waals surface area contributed by atoms with Crippen LogP contribution in [0.15, 0.2) is 77.8 Å². The number of rotatable bonds is 30. The molecule has 2 aliphatic heterocycles. The van der Waals surface area contributed by atoms with Crippen LogP contribution < -0.4 is 21.4 Å². The molecule has 0 bridgehead atoms. The first-order valence-corrected chi connectivity index (χ1v) is 23.2. The second kappa shape index (κ2) is 27.2. The van der Waals surface area contributed by atoms with Gasteiger partial charge in [0.1, 0.15) is 5.69 Å². The molecule has 354 valence electrons. The lowest BCUT2D eigenvalue weighted by molar-refractivity contribution is -0.139. The van der Waals surface area contributed by atoms with Crippen LogP contribution in [0.2, 0.25) is 0 Å². The van der Waals surface area contributed by atoms with Crippen molar-refractivity contribution < 1.29 is 47.5 Å². The number of carbonyl (C=O) groups is 8. The molecule has 2 aliphatic rings. The normalized spacial score (nSPS) is 14.6. The minimum absolute atomic E-state index is 0. The first-order chi connectivity index (χ1) is 31.5. The average Bonchev–Trinajstić information content (AvgIpc) is 3.97. The van der Waals surface area contributed by atoms with Crippen LogP contribution in [0.5, 0.6) is 0 Å². The number of aromatic nitrogens is 3. The van der Waals surface area contributed by atoms with Crippen molar-refractivity contribution in [1.82, 2.24) is 40.9 Å². The van der Waals surface area contributed by atoms with E-state index in [0.29, 0.717) is 76.6 Å². The number of anilines is 1. The van der Waals surface area contributed by atoms with E-state index in [1.807, 2.05) is 54.6 Å². The Balaban J connectivity index is 0.00000529. The fourth-order valence-electron chi connectivity index (χ4n) is 7.05. The number of nitrogens with zero attached hydrogens (tertiary/aromatic N) is 5. The van der Waals surface area contributed by atoms with Crippen LogP contribution in [-0.4, -0.2) is 96.9 Å². The van der Waals surface area contributed by atoms with Crippen molar-refractivity contribution in [2.45, 2.75) is 126 Å².